The molecule has 0 bridgehead atoms. The van der Waals surface area contributed by atoms with Crippen molar-refractivity contribution in [2.24, 2.45) is 0 Å². The summed E-state index contributed by atoms with van der Waals surface area (Å²) in [5.74, 6) is 2.48. The van der Waals surface area contributed by atoms with Crippen molar-refractivity contribution in [2.45, 2.75) is 0 Å². The van der Waals surface area contributed by atoms with Crippen molar-refractivity contribution in [2.75, 3.05) is 14.2 Å². The Hall–Kier alpha value is -15.5. The number of furan rings is 1. The van der Waals surface area contributed by atoms with E-state index < -0.39 is 0 Å². The van der Waals surface area contributed by atoms with Gasteiger partial charge in [0.1, 0.15) is 28.5 Å². The Morgan fingerprint density at radius 2 is 0.877 bits per heavy atom. The Bertz CT molecular complexity index is 7750. The molecule has 0 amide bonds. The molecule has 6 aromatic heterocycles. The van der Waals surface area contributed by atoms with Gasteiger partial charge in [-0.05, 0) is 178 Å². The smallest absolute Gasteiger partial charge is 0.187 e. The van der Waals surface area contributed by atoms with E-state index in [0.29, 0.717) is 11.4 Å². The third-order valence-corrected chi connectivity index (χ3v) is 23.6. The van der Waals surface area contributed by atoms with E-state index in [0.717, 1.165) is 123 Å². The molecular formula is C110H70IrN7O3S-. The molecule has 0 spiro atoms. The minimum Gasteiger partial charge on any atom is -0.497 e. The summed E-state index contributed by atoms with van der Waals surface area (Å²) in [6.45, 7) is 14.3. The number of hydrogen-bond acceptors (Lipinski definition) is 8. The van der Waals surface area contributed by atoms with Crippen molar-refractivity contribution in [3.05, 3.63) is 417 Å². The monoisotopic (exact) mass is 1760 g/mol. The van der Waals surface area contributed by atoms with Gasteiger partial charge in [-0.3, -0.25) is 4.57 Å². The van der Waals surface area contributed by atoms with E-state index >= 15 is 0 Å². The molecule has 0 atom stereocenters. The minimum atomic E-state index is 0. The number of ether oxygens (including phenoxy) is 2. The van der Waals surface area contributed by atoms with Gasteiger partial charge in [-0.1, -0.05) is 261 Å². The van der Waals surface area contributed by atoms with Gasteiger partial charge >= 0.3 is 0 Å². The Balaban J connectivity index is 0.000000122. The molecule has 579 valence electrons. The van der Waals surface area contributed by atoms with Crippen LogP contribution in [0, 0.1) is 19.2 Å². The number of nitrogens with zero attached hydrogens (tertiary/aromatic N) is 7. The zero-order chi connectivity index (χ0) is 81.3. The van der Waals surface area contributed by atoms with Crippen molar-refractivity contribution >= 4 is 141 Å². The first-order chi connectivity index (χ1) is 59.8. The molecule has 17 aromatic carbocycles. The molecule has 0 aliphatic heterocycles. The van der Waals surface area contributed by atoms with E-state index in [4.69, 9.17) is 42.0 Å². The first-order valence-electron chi connectivity index (χ1n) is 39.8. The number of para-hydroxylation sites is 4. The molecule has 12 heteroatoms. The van der Waals surface area contributed by atoms with Gasteiger partial charge in [-0.2, -0.15) is 0 Å². The number of thiophene rings is 1. The third kappa shape index (κ3) is 14.5. The van der Waals surface area contributed by atoms with Crippen molar-refractivity contribution in [3.8, 4) is 95.7 Å². The Morgan fingerprint density at radius 1 is 0.369 bits per heavy atom. The van der Waals surface area contributed by atoms with Crippen LogP contribution >= 0.6 is 11.3 Å². The summed E-state index contributed by atoms with van der Waals surface area (Å²) in [7, 11) is 3.31. The van der Waals surface area contributed by atoms with Crippen LogP contribution in [0.5, 0.6) is 11.5 Å². The topological polar surface area (TPSA) is 96.8 Å². The summed E-state index contributed by atoms with van der Waals surface area (Å²) < 4.78 is 21.7. The van der Waals surface area contributed by atoms with Crippen LogP contribution < -0.4 is 9.47 Å². The summed E-state index contributed by atoms with van der Waals surface area (Å²) in [6, 6.07) is 135. The second-order valence-corrected chi connectivity index (χ2v) is 30.5. The summed E-state index contributed by atoms with van der Waals surface area (Å²) >= 11 is 1.79. The Labute approximate surface area is 721 Å². The number of hydrogen-bond donors (Lipinski definition) is 0. The van der Waals surface area contributed by atoms with Gasteiger partial charge in [0.2, 0.25) is 0 Å². The molecular weight excluding hydrogens is 1690 g/mol. The summed E-state index contributed by atoms with van der Waals surface area (Å²) in [5.41, 5.74) is 21.9. The molecule has 0 N–H and O–H groups in total. The minimum absolute atomic E-state index is 0. The largest absolute Gasteiger partial charge is 0.497 e. The van der Waals surface area contributed by atoms with Gasteiger partial charge in [-0.15, -0.1) is 47.2 Å². The van der Waals surface area contributed by atoms with Crippen LogP contribution in [0.2, 0.25) is 0 Å². The molecule has 10 nitrogen and oxygen atoms in total. The number of imidazole rings is 1. The fraction of sp³-hybridized carbons (Fsp3) is 0.0182. The van der Waals surface area contributed by atoms with E-state index in [1.807, 2.05) is 140 Å². The first-order valence-corrected chi connectivity index (χ1v) is 40.6. The van der Waals surface area contributed by atoms with E-state index in [9.17, 15) is 0 Å². The summed E-state index contributed by atoms with van der Waals surface area (Å²) in [6.07, 6.45) is 1.79. The Kier molecular flexibility index (Phi) is 21.0. The summed E-state index contributed by atoms with van der Waals surface area (Å²) in [5, 5.41) is 16.4. The SMILES string of the molecule is [C-]#[N+]c1ccc(-c2nc3cc(OC)ccc3c3oc4ccccc4c23)cc1.[C-]#[N+]c1ccc(-c2nc3cc(OC)ccc3c3sc4ccccc4c23)cc1.[Ir].[c-]1ccccc1-c1ccccn1.c1ccc(-n2c(-c3ccc(-c4ccc5c(-c6ccc7ccccc7c6)c6ccccc6c(-c6ccc7ccccc7c6)c5c4)cc3)nc3ccccc32)cc1. The predicted octanol–water partition coefficient (Wildman–Crippen LogP) is 30.0. The standard InChI is InChI=1S/C53H34N2.C23H14N2O2.C23H14N2OS.C11H8N.Ir/c1-2-16-44(17-3-1)55-50-21-11-10-20-49(50)54-53(55)38-26-22-37(23-27-38)41-30-31-47-48(34-41)52(43-29-25-36-13-5-7-15-40(36)33-43)46-19-9-8-18-45(46)51(47)42-28-24-35-12-4-6-14-39(35)32-42;2*1-24-15-9-7-14(8-10-15)22-21-18-5-3-4-6-20(18)27-23(21)17-12-11-16(26-2)13-19(17)25-22;1-2-6-10(7-3-1)11-8-4-5-9-12-11;/h1-34H;2*3-13H,2H3;1-6,8-9H;/q;;;-1;. The van der Waals surface area contributed by atoms with Crippen LogP contribution in [0.3, 0.4) is 0 Å². The fourth-order valence-corrected chi connectivity index (χ4v) is 17.8. The molecule has 0 saturated heterocycles. The molecule has 23 rings (SSSR count). The van der Waals surface area contributed by atoms with Gasteiger partial charge in [0, 0.05) is 86.0 Å². The predicted molar refractivity (Wildman–Crippen MR) is 502 cm³/mol. The second kappa shape index (κ2) is 33.5. The maximum atomic E-state index is 7.18. The number of fused-ring (bicyclic) bond motifs is 15. The quantitative estimate of drug-likeness (QED) is 0.0994. The van der Waals surface area contributed by atoms with Crippen LogP contribution in [0.1, 0.15) is 0 Å². The number of rotatable bonds is 10. The molecule has 0 fully saturated rings. The average molecular weight is 1760 g/mol. The molecule has 6 heterocycles. The van der Waals surface area contributed by atoms with Gasteiger partial charge in [0.05, 0.1) is 66.2 Å². The maximum absolute atomic E-state index is 7.18. The molecule has 1 radical (unpaired) electrons. The molecule has 0 aliphatic carbocycles. The molecule has 0 unspecified atom stereocenters. The molecule has 0 aliphatic rings. The maximum Gasteiger partial charge on any atom is 0.187 e. The van der Waals surface area contributed by atoms with E-state index in [1.165, 1.54) is 91.1 Å². The van der Waals surface area contributed by atoms with Crippen molar-refractivity contribution in [3.63, 3.8) is 0 Å². The van der Waals surface area contributed by atoms with Crippen LogP contribution in [0.4, 0.5) is 11.4 Å². The van der Waals surface area contributed by atoms with Gasteiger partial charge in [0.15, 0.2) is 11.4 Å². The summed E-state index contributed by atoms with van der Waals surface area (Å²) in [4.78, 5) is 26.3. The van der Waals surface area contributed by atoms with Crippen LogP contribution in [0.25, 0.3) is 212 Å². The zero-order valence-electron chi connectivity index (χ0n) is 66.0. The third-order valence-electron chi connectivity index (χ3n) is 22.4. The van der Waals surface area contributed by atoms with Gasteiger partial charge in [0.25, 0.3) is 0 Å². The molecule has 23 aromatic rings. The number of aromatic nitrogens is 5. The van der Waals surface area contributed by atoms with Crippen LogP contribution in [0.15, 0.2) is 393 Å². The molecule has 122 heavy (non-hydrogen) atoms. The zero-order valence-corrected chi connectivity index (χ0v) is 69.3. The van der Waals surface area contributed by atoms with Gasteiger partial charge < -0.3 is 18.9 Å². The van der Waals surface area contributed by atoms with Crippen LogP contribution in [-0.2, 0) is 20.1 Å². The van der Waals surface area contributed by atoms with E-state index in [1.54, 1.807) is 31.8 Å². The van der Waals surface area contributed by atoms with Crippen molar-refractivity contribution < 1.29 is 34.0 Å². The number of benzene rings is 17. The molecule has 0 saturated carbocycles. The van der Waals surface area contributed by atoms with E-state index in [-0.39, 0.29) is 20.1 Å². The first kappa shape index (κ1) is 76.4. The van der Waals surface area contributed by atoms with Gasteiger partial charge in [-0.25, -0.2) is 24.6 Å². The average Bonchev–Trinajstić information content (AvgIpc) is 1.40. The normalized spacial score (nSPS) is 11.1. The van der Waals surface area contributed by atoms with Crippen molar-refractivity contribution in [1.82, 2.24) is 24.5 Å². The number of pyridine rings is 3. The van der Waals surface area contributed by atoms with E-state index in [2.05, 4.69) is 268 Å². The van der Waals surface area contributed by atoms with Crippen molar-refractivity contribution in [1.29, 1.82) is 0 Å². The fourth-order valence-electron chi connectivity index (χ4n) is 16.6. The number of methoxy groups -OCH3 is 2. The second-order valence-electron chi connectivity index (χ2n) is 29.5. The van der Waals surface area contributed by atoms with Crippen LogP contribution in [-0.4, -0.2) is 38.7 Å². The Morgan fingerprint density at radius 3 is 1.51 bits per heavy atom.